The number of aliphatic hydroxyl groups is 1. The zero-order valence-corrected chi connectivity index (χ0v) is 48.7. The summed E-state index contributed by atoms with van der Waals surface area (Å²) in [5.41, 5.74) is 6.39. The number of aryl methyl sites for hydroxylation is 3. The quantitative estimate of drug-likeness (QED) is 0.0408. The molecule has 0 spiro atoms. The number of sulfonamides is 1. The minimum Gasteiger partial charge on any atom is -0.493 e. The van der Waals surface area contributed by atoms with Gasteiger partial charge < -0.3 is 49.2 Å². The van der Waals surface area contributed by atoms with E-state index in [1.807, 2.05) is 58.0 Å². The van der Waals surface area contributed by atoms with Crippen LogP contribution in [0.1, 0.15) is 71.1 Å². The second kappa shape index (κ2) is 26.4. The molecule has 0 bridgehead atoms. The Labute approximate surface area is 485 Å². The van der Waals surface area contributed by atoms with E-state index in [0.29, 0.717) is 46.0 Å². The van der Waals surface area contributed by atoms with E-state index in [9.17, 15) is 37.5 Å². The highest BCUT2D eigenvalue weighted by atomic mass is 32.2. The van der Waals surface area contributed by atoms with Gasteiger partial charge in [-0.05, 0) is 78.9 Å². The number of hydrogen-bond acceptors (Lipinski definition) is 15. The molecule has 7 aromatic rings. The molecule has 21 nitrogen and oxygen atoms in total. The molecule has 3 atom stereocenters. The van der Waals surface area contributed by atoms with Gasteiger partial charge in [0.25, 0.3) is 21.8 Å². The van der Waals surface area contributed by atoms with Crippen molar-refractivity contribution in [2.45, 2.75) is 76.7 Å². The van der Waals surface area contributed by atoms with Crippen LogP contribution >= 0.6 is 11.3 Å². The largest absolute Gasteiger partial charge is 0.493 e. The maximum absolute atomic E-state index is 14.3. The number of carbonyl (C=O) groups excluding carboxylic acids is 4. The second-order valence-electron chi connectivity index (χ2n) is 20.6. The first-order valence-corrected chi connectivity index (χ1v) is 29.8. The highest BCUT2D eigenvalue weighted by Crippen LogP contribution is 2.37. The van der Waals surface area contributed by atoms with Crippen LogP contribution < -0.4 is 35.3 Å². The number of thiazole rings is 1. The number of amides is 4. The van der Waals surface area contributed by atoms with Crippen molar-refractivity contribution in [2.75, 3.05) is 57.5 Å². The zero-order chi connectivity index (χ0) is 59.0. The van der Waals surface area contributed by atoms with E-state index in [2.05, 4.69) is 20.3 Å². The molecule has 438 valence electrons. The number of aliphatic hydroxyl groups excluding tert-OH is 1. The molecule has 2 aromatic heterocycles. The Kier molecular flexibility index (Phi) is 19.0. The highest BCUT2D eigenvalue weighted by molar-refractivity contribution is 7.92. The van der Waals surface area contributed by atoms with Gasteiger partial charge in [-0.3, -0.25) is 33.0 Å². The smallest absolute Gasteiger partial charge is 0.328 e. The molecule has 4 amide bonds. The van der Waals surface area contributed by atoms with E-state index in [4.69, 9.17) is 23.7 Å². The fourth-order valence-electron chi connectivity index (χ4n) is 10.2. The summed E-state index contributed by atoms with van der Waals surface area (Å²) in [4.78, 5) is 76.0. The number of anilines is 1. The molecular weight excluding hydrogens is 1100 g/mol. The monoisotopic (exact) mass is 1170 g/mol. The van der Waals surface area contributed by atoms with Gasteiger partial charge in [0.2, 0.25) is 11.8 Å². The Morgan fingerprint density at radius 2 is 1.54 bits per heavy atom. The minimum absolute atomic E-state index is 0.0358. The summed E-state index contributed by atoms with van der Waals surface area (Å²) in [7, 11) is -1.11. The van der Waals surface area contributed by atoms with Crippen molar-refractivity contribution in [2.24, 2.45) is 20.0 Å². The number of imidazole rings is 1. The van der Waals surface area contributed by atoms with Gasteiger partial charge in [-0.15, -0.1) is 11.3 Å². The topological polar surface area (TPSA) is 251 Å². The van der Waals surface area contributed by atoms with Crippen molar-refractivity contribution in [1.82, 2.24) is 34.6 Å². The Morgan fingerprint density at radius 1 is 0.807 bits per heavy atom. The van der Waals surface area contributed by atoms with Crippen LogP contribution in [0.25, 0.3) is 21.5 Å². The van der Waals surface area contributed by atoms with E-state index in [1.54, 1.807) is 67.0 Å². The number of aromatic nitrogens is 3. The van der Waals surface area contributed by atoms with Gasteiger partial charge in [-0.25, -0.2) is 18.2 Å². The number of β-amino-alcohol motifs (C(OH)–C–C–N with tert-alkyl or cyclic N) is 1. The van der Waals surface area contributed by atoms with Crippen molar-refractivity contribution >= 4 is 61.7 Å². The lowest BCUT2D eigenvalue weighted by molar-refractivity contribution is -0.143. The average Bonchev–Trinajstić information content (AvgIpc) is 4.43. The Hall–Kier alpha value is -8.09. The lowest BCUT2D eigenvalue weighted by Crippen LogP contribution is -2.55. The first-order valence-electron chi connectivity index (χ1n) is 27.4. The van der Waals surface area contributed by atoms with E-state index in [-0.39, 0.29) is 111 Å². The number of likely N-dealkylation sites (tertiary alicyclic amines) is 1. The zero-order valence-electron chi connectivity index (χ0n) is 47.1. The molecule has 23 heteroatoms. The number of ether oxygens (including phenoxy) is 5. The summed E-state index contributed by atoms with van der Waals surface area (Å²) in [6.45, 7) is 9.48. The molecule has 2 aliphatic heterocycles. The molecule has 9 rings (SSSR count). The molecule has 0 aliphatic carbocycles. The maximum atomic E-state index is 14.3. The van der Waals surface area contributed by atoms with Crippen LogP contribution in [0.15, 0.2) is 118 Å². The third-order valence-corrected chi connectivity index (χ3v) is 16.7. The minimum atomic E-state index is -4.31. The first kappa shape index (κ1) is 59.5. The van der Waals surface area contributed by atoms with Gasteiger partial charge in [-0.2, -0.15) is 0 Å². The van der Waals surface area contributed by atoms with Gasteiger partial charge in [0.05, 0.1) is 76.8 Å². The fourth-order valence-corrected chi connectivity index (χ4v) is 12.1. The lowest BCUT2D eigenvalue weighted by Gasteiger charge is -2.35. The molecule has 1 saturated heterocycles. The van der Waals surface area contributed by atoms with Gasteiger partial charge >= 0.3 is 5.69 Å². The molecule has 0 unspecified atom stereocenters. The van der Waals surface area contributed by atoms with Crippen molar-refractivity contribution in [3.8, 4) is 33.4 Å². The van der Waals surface area contributed by atoms with Crippen molar-refractivity contribution < 1.29 is 56.4 Å². The number of benzene rings is 5. The van der Waals surface area contributed by atoms with E-state index in [0.717, 1.165) is 28.1 Å². The third-order valence-electron chi connectivity index (χ3n) is 14.4. The molecule has 83 heavy (non-hydrogen) atoms. The van der Waals surface area contributed by atoms with E-state index >= 15 is 0 Å². The van der Waals surface area contributed by atoms with Crippen LogP contribution in [-0.4, -0.2) is 132 Å². The Morgan fingerprint density at radius 3 is 2.29 bits per heavy atom. The SMILES string of the molecule is CCCOc1cccc(Oc2cc3c(cc2NS(=O)(=O)c2cccc(C(=O)NCCOCCOCCOc4cc(-c5scnc5C)ccc4CNC(=O)[C@@H]4C[C@@H](O)CN4C(=O)[C@H](C(C)C)N4Cc5ccccc5C4=O)c2)n(C)c(=O)n3C)c1. The standard InChI is InChI=1S/C60H68N8O13S2/c1-7-21-79-44-14-11-15-45(30-44)81-53-32-50-49(65(5)60(74)66(50)6)31-48(53)64-83(75,76)46-16-10-13-40(27-46)56(70)61-20-22-77-23-24-78-25-26-80-52-28-39(55-38(4)63-36-82-55)18-19-41(52)33-62-57(71)51-29-43(69)35-67(51)59(73)54(37(2)3)68-34-42-12-8-9-17-47(42)58(68)72/h8-19,27-28,30-32,36-37,43,51,54,64,69H,7,20-26,29,33-35H2,1-6H3,(H,61,70)(H,62,71)/t43-,51+,54+/m1/s1. The predicted molar refractivity (Wildman–Crippen MR) is 312 cm³/mol. The van der Waals surface area contributed by atoms with Crippen LogP contribution in [0.2, 0.25) is 0 Å². The molecular formula is C60H68N8O13S2. The first-order chi connectivity index (χ1) is 39.9. The lowest BCUT2D eigenvalue weighted by atomic mass is 10.0. The Balaban J connectivity index is 0.747. The molecule has 4 heterocycles. The average molecular weight is 1170 g/mol. The number of nitrogens with one attached hydrogen (secondary N) is 3. The van der Waals surface area contributed by atoms with Gasteiger partial charge in [0, 0.05) is 75.5 Å². The molecule has 0 radical (unpaired) electrons. The fraction of sp³-hybridized carbons (Fsp3) is 0.367. The number of fused-ring (bicyclic) bond motifs is 2. The summed E-state index contributed by atoms with van der Waals surface area (Å²) in [6.07, 6.45) is -0.0648. The summed E-state index contributed by atoms with van der Waals surface area (Å²) < 4.78 is 63.1. The second-order valence-corrected chi connectivity index (χ2v) is 23.1. The van der Waals surface area contributed by atoms with Gasteiger partial charge in [0.15, 0.2) is 5.75 Å². The van der Waals surface area contributed by atoms with Crippen LogP contribution in [0.4, 0.5) is 5.69 Å². The summed E-state index contributed by atoms with van der Waals surface area (Å²) >= 11 is 1.49. The normalized spacial score (nSPS) is 15.4. The van der Waals surface area contributed by atoms with Crippen LogP contribution in [0, 0.1) is 12.8 Å². The summed E-state index contributed by atoms with van der Waals surface area (Å²) in [5, 5.41) is 16.5. The van der Waals surface area contributed by atoms with Crippen molar-refractivity contribution in [3.63, 3.8) is 0 Å². The number of rotatable bonds is 26. The summed E-state index contributed by atoms with van der Waals surface area (Å²) in [5.74, 6) is -0.248. The maximum Gasteiger partial charge on any atom is 0.328 e. The molecule has 5 aromatic carbocycles. The molecule has 4 N–H and O–H groups in total. The predicted octanol–water partition coefficient (Wildman–Crippen LogP) is 6.79. The molecule has 1 fully saturated rings. The highest BCUT2D eigenvalue weighted by Gasteiger charge is 2.46. The molecule has 0 saturated carbocycles. The van der Waals surface area contributed by atoms with E-state index in [1.165, 1.54) is 55.7 Å². The third kappa shape index (κ3) is 13.7. The number of carbonyl (C=O) groups is 4. The Bertz CT molecular complexity index is 3690. The summed E-state index contributed by atoms with van der Waals surface area (Å²) in [6, 6.07) is 26.8. The van der Waals surface area contributed by atoms with Crippen LogP contribution in [-0.2, 0) is 56.3 Å². The number of hydrogen-bond donors (Lipinski definition) is 4. The van der Waals surface area contributed by atoms with Crippen molar-refractivity contribution in [3.05, 3.63) is 147 Å². The molecule has 2 aliphatic rings. The van der Waals surface area contributed by atoms with Gasteiger partial charge in [-0.1, -0.05) is 63.2 Å². The van der Waals surface area contributed by atoms with Crippen LogP contribution in [0.3, 0.4) is 0 Å². The van der Waals surface area contributed by atoms with E-state index < -0.39 is 40.0 Å². The van der Waals surface area contributed by atoms with Crippen molar-refractivity contribution in [1.29, 1.82) is 0 Å². The van der Waals surface area contributed by atoms with Crippen LogP contribution in [0.5, 0.6) is 23.0 Å². The van der Waals surface area contributed by atoms with Gasteiger partial charge in [0.1, 0.15) is 35.9 Å². The number of nitrogens with zero attached hydrogens (tertiary/aromatic N) is 5.